The Morgan fingerprint density at radius 3 is 2.69 bits per heavy atom. The molecule has 0 aliphatic rings. The molecule has 1 rings (SSSR count). The average Bonchev–Trinajstić information content (AvgIpc) is 2.43. The van der Waals surface area contributed by atoms with Crippen molar-refractivity contribution in [1.82, 2.24) is 15.0 Å². The van der Waals surface area contributed by atoms with Crippen molar-refractivity contribution in [3.63, 3.8) is 0 Å². The lowest BCUT2D eigenvalue weighted by atomic mass is 10.1. The van der Waals surface area contributed by atoms with Gasteiger partial charge >= 0.3 is 0 Å². The molecule has 0 spiro atoms. The van der Waals surface area contributed by atoms with E-state index in [9.17, 15) is 0 Å². The molecule has 1 aromatic rings. The largest absolute Gasteiger partial charge is 0.390 e. The molecule has 74 valence electrons. The SMILES string of the molecule is CC(C)CCc1c(CO)nnn1C. The quantitative estimate of drug-likeness (QED) is 0.754. The van der Waals surface area contributed by atoms with Crippen molar-refractivity contribution in [1.29, 1.82) is 0 Å². The maximum Gasteiger partial charge on any atom is 0.111 e. The maximum atomic E-state index is 8.98. The van der Waals surface area contributed by atoms with Gasteiger partial charge in [0.05, 0.1) is 12.3 Å². The molecule has 1 heterocycles. The molecule has 0 radical (unpaired) electrons. The highest BCUT2D eigenvalue weighted by atomic mass is 16.3. The van der Waals surface area contributed by atoms with Crippen LogP contribution in [0.15, 0.2) is 0 Å². The summed E-state index contributed by atoms with van der Waals surface area (Å²) in [5, 5.41) is 16.7. The summed E-state index contributed by atoms with van der Waals surface area (Å²) in [6, 6.07) is 0. The van der Waals surface area contributed by atoms with Crippen molar-refractivity contribution in [2.24, 2.45) is 13.0 Å². The predicted molar refractivity (Wildman–Crippen MR) is 50.1 cm³/mol. The van der Waals surface area contributed by atoms with E-state index in [1.54, 1.807) is 4.68 Å². The highest BCUT2D eigenvalue weighted by molar-refractivity contribution is 5.08. The fourth-order valence-electron chi connectivity index (χ4n) is 1.27. The number of aryl methyl sites for hydroxylation is 1. The lowest BCUT2D eigenvalue weighted by molar-refractivity contribution is 0.275. The Bertz CT molecular complexity index is 268. The Hall–Kier alpha value is -0.900. The zero-order valence-corrected chi connectivity index (χ0v) is 8.49. The third-order valence-electron chi connectivity index (χ3n) is 2.13. The molecule has 0 amide bonds. The summed E-state index contributed by atoms with van der Waals surface area (Å²) in [5.41, 5.74) is 1.76. The van der Waals surface area contributed by atoms with Gasteiger partial charge in [-0.2, -0.15) is 0 Å². The molecule has 0 aliphatic carbocycles. The molecule has 0 saturated carbocycles. The minimum atomic E-state index is -0.0126. The van der Waals surface area contributed by atoms with E-state index >= 15 is 0 Å². The van der Waals surface area contributed by atoms with Gasteiger partial charge in [-0.15, -0.1) is 5.10 Å². The Labute approximate surface area is 78.6 Å². The second kappa shape index (κ2) is 4.37. The van der Waals surface area contributed by atoms with E-state index in [0.29, 0.717) is 11.6 Å². The van der Waals surface area contributed by atoms with Crippen molar-refractivity contribution >= 4 is 0 Å². The standard InChI is InChI=1S/C9H17N3O/c1-7(2)4-5-9-8(6-13)10-11-12(9)3/h7,13H,4-6H2,1-3H3. The van der Waals surface area contributed by atoms with Gasteiger partial charge in [0.25, 0.3) is 0 Å². The van der Waals surface area contributed by atoms with Crippen molar-refractivity contribution in [2.75, 3.05) is 0 Å². The zero-order chi connectivity index (χ0) is 9.84. The Morgan fingerprint density at radius 1 is 1.46 bits per heavy atom. The third-order valence-corrected chi connectivity index (χ3v) is 2.13. The van der Waals surface area contributed by atoms with Crippen molar-refractivity contribution in [3.8, 4) is 0 Å². The highest BCUT2D eigenvalue weighted by Crippen LogP contribution is 2.10. The summed E-state index contributed by atoms with van der Waals surface area (Å²) in [6.07, 6.45) is 2.05. The molecule has 1 N–H and O–H groups in total. The van der Waals surface area contributed by atoms with Gasteiger partial charge in [0, 0.05) is 7.05 Å². The summed E-state index contributed by atoms with van der Waals surface area (Å²) in [7, 11) is 1.86. The lowest BCUT2D eigenvalue weighted by Crippen LogP contribution is -2.03. The fourth-order valence-corrected chi connectivity index (χ4v) is 1.27. The van der Waals surface area contributed by atoms with Gasteiger partial charge < -0.3 is 5.11 Å². The first kappa shape index (κ1) is 10.2. The van der Waals surface area contributed by atoms with Crippen LogP contribution in [0.1, 0.15) is 31.7 Å². The van der Waals surface area contributed by atoms with Crippen LogP contribution < -0.4 is 0 Å². The molecule has 0 atom stereocenters. The minimum absolute atomic E-state index is 0.0126. The zero-order valence-electron chi connectivity index (χ0n) is 8.49. The van der Waals surface area contributed by atoms with E-state index in [1.807, 2.05) is 7.05 Å². The molecular weight excluding hydrogens is 166 g/mol. The first-order valence-corrected chi connectivity index (χ1v) is 4.63. The van der Waals surface area contributed by atoms with Crippen molar-refractivity contribution in [3.05, 3.63) is 11.4 Å². The first-order chi connectivity index (χ1) is 6.15. The van der Waals surface area contributed by atoms with Gasteiger partial charge in [-0.1, -0.05) is 19.1 Å². The smallest absolute Gasteiger partial charge is 0.111 e. The van der Waals surface area contributed by atoms with E-state index in [-0.39, 0.29) is 6.61 Å². The second-order valence-electron chi connectivity index (χ2n) is 3.70. The molecule has 0 saturated heterocycles. The van der Waals surface area contributed by atoms with E-state index in [1.165, 1.54) is 0 Å². The molecule has 0 fully saturated rings. The normalized spacial score (nSPS) is 11.2. The molecule has 0 aliphatic heterocycles. The molecular formula is C9H17N3O. The third kappa shape index (κ3) is 2.52. The van der Waals surface area contributed by atoms with E-state index in [0.717, 1.165) is 18.5 Å². The first-order valence-electron chi connectivity index (χ1n) is 4.63. The second-order valence-corrected chi connectivity index (χ2v) is 3.70. The molecule has 13 heavy (non-hydrogen) atoms. The van der Waals surface area contributed by atoms with E-state index < -0.39 is 0 Å². The molecule has 4 nitrogen and oxygen atoms in total. The van der Waals surface area contributed by atoms with Crippen LogP contribution in [0.4, 0.5) is 0 Å². The van der Waals surface area contributed by atoms with Crippen LogP contribution >= 0.6 is 0 Å². The predicted octanol–water partition coefficient (Wildman–Crippen LogP) is 0.896. The van der Waals surface area contributed by atoms with Gasteiger partial charge in [0.1, 0.15) is 5.69 Å². The number of aliphatic hydroxyl groups is 1. The van der Waals surface area contributed by atoms with Gasteiger partial charge in [0.2, 0.25) is 0 Å². The van der Waals surface area contributed by atoms with Crippen LogP contribution in [0.5, 0.6) is 0 Å². The number of aromatic nitrogens is 3. The van der Waals surface area contributed by atoms with Gasteiger partial charge in [-0.05, 0) is 18.8 Å². The van der Waals surface area contributed by atoms with Crippen LogP contribution in [0.25, 0.3) is 0 Å². The number of hydrogen-bond donors (Lipinski definition) is 1. The van der Waals surface area contributed by atoms with Crippen molar-refractivity contribution < 1.29 is 5.11 Å². The van der Waals surface area contributed by atoms with Gasteiger partial charge in [0.15, 0.2) is 0 Å². The molecule has 0 unspecified atom stereocenters. The number of aliphatic hydroxyl groups excluding tert-OH is 1. The van der Waals surface area contributed by atoms with Crippen molar-refractivity contribution in [2.45, 2.75) is 33.3 Å². The summed E-state index contributed by atoms with van der Waals surface area (Å²) in [5.74, 6) is 0.668. The van der Waals surface area contributed by atoms with Gasteiger partial charge in [-0.3, -0.25) is 4.68 Å². The molecule has 0 aromatic carbocycles. The summed E-state index contributed by atoms with van der Waals surface area (Å²) in [4.78, 5) is 0. The summed E-state index contributed by atoms with van der Waals surface area (Å²) >= 11 is 0. The Balaban J connectivity index is 2.68. The number of nitrogens with zero attached hydrogens (tertiary/aromatic N) is 3. The minimum Gasteiger partial charge on any atom is -0.390 e. The van der Waals surface area contributed by atoms with Crippen LogP contribution in [-0.4, -0.2) is 20.1 Å². The number of hydrogen-bond acceptors (Lipinski definition) is 3. The average molecular weight is 183 g/mol. The van der Waals surface area contributed by atoms with E-state index in [4.69, 9.17) is 5.11 Å². The van der Waals surface area contributed by atoms with Crippen LogP contribution in [-0.2, 0) is 20.1 Å². The highest BCUT2D eigenvalue weighted by Gasteiger charge is 2.09. The van der Waals surface area contributed by atoms with Crippen LogP contribution in [0.3, 0.4) is 0 Å². The van der Waals surface area contributed by atoms with Crippen LogP contribution in [0.2, 0.25) is 0 Å². The Kier molecular flexibility index (Phi) is 3.42. The van der Waals surface area contributed by atoms with Gasteiger partial charge in [-0.25, -0.2) is 0 Å². The molecule has 1 aromatic heterocycles. The lowest BCUT2D eigenvalue weighted by Gasteiger charge is -2.05. The molecule has 4 heteroatoms. The number of rotatable bonds is 4. The van der Waals surface area contributed by atoms with E-state index in [2.05, 4.69) is 24.2 Å². The topological polar surface area (TPSA) is 50.9 Å². The molecule has 0 bridgehead atoms. The fraction of sp³-hybridized carbons (Fsp3) is 0.778. The van der Waals surface area contributed by atoms with Crippen LogP contribution in [0, 0.1) is 5.92 Å². The Morgan fingerprint density at radius 2 is 2.15 bits per heavy atom. The summed E-state index contributed by atoms with van der Waals surface area (Å²) in [6.45, 7) is 4.35. The summed E-state index contributed by atoms with van der Waals surface area (Å²) < 4.78 is 1.74. The maximum absolute atomic E-state index is 8.98. The monoisotopic (exact) mass is 183 g/mol.